The number of aromatic hydroxyl groups is 1. The number of cyclic esters (lactones) is 1. The molecule has 0 unspecified atom stereocenters. The highest BCUT2D eigenvalue weighted by Gasteiger charge is 2.29. The van der Waals surface area contributed by atoms with Crippen LogP contribution in [0.4, 0.5) is 8.78 Å². The number of phenols is 1. The summed E-state index contributed by atoms with van der Waals surface area (Å²) in [6.45, 7) is 11.9. The number of ether oxygens (including phenoxy) is 1. The second-order valence-electron chi connectivity index (χ2n) is 9.55. The predicted molar refractivity (Wildman–Crippen MR) is 117 cm³/mol. The first-order valence-electron chi connectivity index (χ1n) is 9.74. The van der Waals surface area contributed by atoms with Crippen LogP contribution in [0.5, 0.6) is 5.75 Å². The zero-order valence-electron chi connectivity index (χ0n) is 18.2. The fraction of sp³-hybridized carbons (Fsp3) is 0.333. The van der Waals surface area contributed by atoms with Crippen molar-refractivity contribution < 1.29 is 23.4 Å². The smallest absolute Gasteiger partial charge is 0.363 e. The van der Waals surface area contributed by atoms with Crippen LogP contribution in [-0.2, 0) is 20.4 Å². The third-order valence-corrected chi connectivity index (χ3v) is 5.23. The van der Waals surface area contributed by atoms with Gasteiger partial charge in [0.05, 0.1) is 10.6 Å². The number of halogens is 3. The average molecular weight is 448 g/mol. The van der Waals surface area contributed by atoms with E-state index >= 15 is 0 Å². The Bertz CT molecular complexity index is 1100. The number of hydrogen-bond acceptors (Lipinski definition) is 4. The van der Waals surface area contributed by atoms with Crippen LogP contribution in [-0.4, -0.2) is 17.0 Å². The Kier molecular flexibility index (Phi) is 5.74. The van der Waals surface area contributed by atoms with Crippen LogP contribution < -0.4 is 0 Å². The minimum absolute atomic E-state index is 0.0128. The van der Waals surface area contributed by atoms with Crippen LogP contribution in [0.2, 0.25) is 5.02 Å². The van der Waals surface area contributed by atoms with Gasteiger partial charge in [0.15, 0.2) is 17.3 Å². The molecule has 0 fully saturated rings. The minimum Gasteiger partial charge on any atom is -0.507 e. The number of nitrogens with zero attached hydrogens (tertiary/aromatic N) is 1. The molecular formula is C24H24ClF2NO3. The van der Waals surface area contributed by atoms with Crippen molar-refractivity contribution in [3.8, 4) is 5.75 Å². The van der Waals surface area contributed by atoms with Crippen LogP contribution in [0, 0.1) is 11.6 Å². The van der Waals surface area contributed by atoms with E-state index in [0.717, 1.165) is 23.3 Å². The summed E-state index contributed by atoms with van der Waals surface area (Å²) in [5.41, 5.74) is 1.39. The highest BCUT2D eigenvalue weighted by molar-refractivity contribution is 6.34. The maximum absolute atomic E-state index is 13.6. The van der Waals surface area contributed by atoms with E-state index < -0.39 is 17.6 Å². The molecule has 2 aromatic rings. The van der Waals surface area contributed by atoms with Gasteiger partial charge in [0.2, 0.25) is 5.90 Å². The number of hydrogen-bond donors (Lipinski definition) is 1. The van der Waals surface area contributed by atoms with E-state index in [0.29, 0.717) is 5.56 Å². The Hall–Kier alpha value is -2.73. The zero-order chi connectivity index (χ0) is 23.3. The normalized spacial score (nSPS) is 16.0. The van der Waals surface area contributed by atoms with E-state index in [1.807, 2.05) is 41.5 Å². The number of carbonyl (C=O) groups excluding carboxylic acids is 1. The lowest BCUT2D eigenvalue weighted by atomic mass is 9.78. The molecule has 2 aromatic carbocycles. The molecule has 0 aromatic heterocycles. The van der Waals surface area contributed by atoms with Gasteiger partial charge in [-0.3, -0.25) is 0 Å². The van der Waals surface area contributed by atoms with Gasteiger partial charge in [-0.15, -0.1) is 0 Å². The second-order valence-corrected chi connectivity index (χ2v) is 9.95. The molecule has 0 aliphatic carbocycles. The van der Waals surface area contributed by atoms with Crippen LogP contribution in [0.1, 0.15) is 63.8 Å². The number of benzene rings is 2. The molecule has 164 valence electrons. The Labute approximate surface area is 185 Å². The molecule has 0 radical (unpaired) electrons. The van der Waals surface area contributed by atoms with E-state index in [1.54, 1.807) is 12.1 Å². The maximum atomic E-state index is 13.6. The van der Waals surface area contributed by atoms with E-state index in [1.165, 1.54) is 6.08 Å². The Balaban J connectivity index is 2.13. The molecule has 1 N–H and O–H groups in total. The van der Waals surface area contributed by atoms with Crippen LogP contribution >= 0.6 is 11.6 Å². The summed E-state index contributed by atoms with van der Waals surface area (Å²) in [6, 6.07) is 5.23. The molecule has 0 bridgehead atoms. The molecule has 3 rings (SSSR count). The van der Waals surface area contributed by atoms with Crippen molar-refractivity contribution in [2.24, 2.45) is 4.99 Å². The molecular weight excluding hydrogens is 424 g/mol. The summed E-state index contributed by atoms with van der Waals surface area (Å²) < 4.78 is 32.1. The van der Waals surface area contributed by atoms with Gasteiger partial charge in [0, 0.05) is 11.1 Å². The number of phenolic OH excluding ortho intramolecular Hbond substituents is 1. The lowest BCUT2D eigenvalue weighted by Crippen LogP contribution is -2.17. The third kappa shape index (κ3) is 4.64. The highest BCUT2D eigenvalue weighted by atomic mass is 35.5. The molecule has 0 atom stereocenters. The minimum atomic E-state index is -1.13. The quantitative estimate of drug-likeness (QED) is 0.335. The third-order valence-electron chi connectivity index (χ3n) is 4.91. The molecule has 1 heterocycles. The van der Waals surface area contributed by atoms with Crippen molar-refractivity contribution in [1.82, 2.24) is 0 Å². The number of carbonyl (C=O) groups is 1. The van der Waals surface area contributed by atoms with Gasteiger partial charge in [0.1, 0.15) is 5.75 Å². The molecule has 0 spiro atoms. The Morgan fingerprint density at radius 1 is 0.968 bits per heavy atom. The van der Waals surface area contributed by atoms with Crippen molar-refractivity contribution in [2.75, 3.05) is 0 Å². The molecule has 0 amide bonds. The SMILES string of the molecule is CC(C)(C)c1cc(/C=C2/N=C(c3cc(F)c(F)cc3Cl)OC2=O)cc(C(C)(C)C)c1O. The lowest BCUT2D eigenvalue weighted by Gasteiger charge is -2.27. The first-order valence-corrected chi connectivity index (χ1v) is 10.1. The standard InChI is InChI=1S/C24H24ClF2NO3/c1-23(2,3)14-7-12(8-15(20(14)29)24(4,5)6)9-19-22(30)31-21(28-19)13-10-17(26)18(27)11-16(13)25/h7-11,29H,1-6H3/b19-9+. The van der Waals surface area contributed by atoms with E-state index in [9.17, 15) is 18.7 Å². The first-order chi connectivity index (χ1) is 14.2. The fourth-order valence-corrected chi connectivity index (χ4v) is 3.48. The molecule has 1 aliphatic heterocycles. The summed E-state index contributed by atoms with van der Waals surface area (Å²) in [5.74, 6) is -2.96. The highest BCUT2D eigenvalue weighted by Crippen LogP contribution is 2.40. The fourth-order valence-electron chi connectivity index (χ4n) is 3.25. The maximum Gasteiger partial charge on any atom is 0.363 e. The van der Waals surface area contributed by atoms with Crippen molar-refractivity contribution in [3.63, 3.8) is 0 Å². The van der Waals surface area contributed by atoms with Crippen LogP contribution in [0.25, 0.3) is 6.08 Å². The van der Waals surface area contributed by atoms with E-state index in [2.05, 4.69) is 4.99 Å². The van der Waals surface area contributed by atoms with Crippen molar-refractivity contribution in [3.05, 3.63) is 68.9 Å². The largest absolute Gasteiger partial charge is 0.507 e. The number of rotatable bonds is 2. The monoisotopic (exact) mass is 447 g/mol. The van der Waals surface area contributed by atoms with Gasteiger partial charge in [-0.1, -0.05) is 53.1 Å². The van der Waals surface area contributed by atoms with E-state index in [4.69, 9.17) is 16.3 Å². The Morgan fingerprint density at radius 3 is 2.00 bits per heavy atom. The predicted octanol–water partition coefficient (Wildman–Crippen LogP) is 6.26. The average Bonchev–Trinajstić information content (AvgIpc) is 2.97. The first kappa shape index (κ1) is 22.9. The van der Waals surface area contributed by atoms with Gasteiger partial charge in [-0.2, -0.15) is 0 Å². The van der Waals surface area contributed by atoms with Gasteiger partial charge in [-0.05, 0) is 46.7 Å². The molecule has 31 heavy (non-hydrogen) atoms. The molecule has 7 heteroatoms. The van der Waals surface area contributed by atoms with Gasteiger partial charge in [0.25, 0.3) is 0 Å². The van der Waals surface area contributed by atoms with Crippen LogP contribution in [0.15, 0.2) is 35.0 Å². The topological polar surface area (TPSA) is 58.9 Å². The summed E-state index contributed by atoms with van der Waals surface area (Å²) in [4.78, 5) is 16.5. The van der Waals surface area contributed by atoms with Gasteiger partial charge in [-0.25, -0.2) is 18.6 Å². The summed E-state index contributed by atoms with van der Waals surface area (Å²) in [5, 5.41) is 10.7. The van der Waals surface area contributed by atoms with Crippen molar-refractivity contribution in [2.45, 2.75) is 52.4 Å². The van der Waals surface area contributed by atoms with Crippen molar-refractivity contribution >= 4 is 29.5 Å². The van der Waals surface area contributed by atoms with Gasteiger partial charge >= 0.3 is 5.97 Å². The lowest BCUT2D eigenvalue weighted by molar-refractivity contribution is -0.129. The number of aliphatic imine (C=N–C) groups is 1. The molecule has 1 aliphatic rings. The zero-order valence-corrected chi connectivity index (χ0v) is 19.0. The van der Waals surface area contributed by atoms with Crippen molar-refractivity contribution in [1.29, 1.82) is 0 Å². The Morgan fingerprint density at radius 2 is 1.48 bits per heavy atom. The molecule has 0 saturated heterocycles. The van der Waals surface area contributed by atoms with Crippen LogP contribution in [0.3, 0.4) is 0 Å². The molecule has 4 nitrogen and oxygen atoms in total. The summed E-state index contributed by atoms with van der Waals surface area (Å²) in [7, 11) is 0. The second kappa shape index (κ2) is 7.75. The number of esters is 1. The summed E-state index contributed by atoms with van der Waals surface area (Å²) >= 11 is 5.97. The molecule has 0 saturated carbocycles. The van der Waals surface area contributed by atoms with Gasteiger partial charge < -0.3 is 9.84 Å². The summed E-state index contributed by atoms with van der Waals surface area (Å²) in [6.07, 6.45) is 1.53. The van der Waals surface area contributed by atoms with E-state index in [-0.39, 0.29) is 38.8 Å².